The van der Waals surface area contributed by atoms with E-state index in [4.69, 9.17) is 5.11 Å². The Labute approximate surface area is 123 Å². The second-order valence-electron chi connectivity index (χ2n) is 4.41. The van der Waals surface area contributed by atoms with E-state index in [0.717, 1.165) is 11.1 Å². The van der Waals surface area contributed by atoms with Crippen molar-refractivity contribution in [1.29, 1.82) is 0 Å². The highest BCUT2D eigenvalue weighted by molar-refractivity contribution is 5.91. The molecule has 5 nitrogen and oxygen atoms in total. The third-order valence-electron chi connectivity index (χ3n) is 2.81. The Bertz CT molecular complexity index is 657. The van der Waals surface area contributed by atoms with Crippen LogP contribution in [0.25, 0.3) is 0 Å². The zero-order chi connectivity index (χ0) is 15.1. The number of nitrogens with zero attached hydrogens (tertiary/aromatic N) is 3. The van der Waals surface area contributed by atoms with Crippen LogP contribution in [0, 0.1) is 11.8 Å². The number of carbonyl (C=O) groups is 1. The Morgan fingerprint density at radius 3 is 2.67 bits per heavy atom. The van der Waals surface area contributed by atoms with Crippen LogP contribution in [-0.2, 0) is 6.54 Å². The Kier molecular flexibility index (Phi) is 5.02. The first-order chi connectivity index (χ1) is 10.2. The molecule has 0 radical (unpaired) electrons. The third-order valence-corrected chi connectivity index (χ3v) is 2.81. The molecule has 0 aliphatic heterocycles. The highest BCUT2D eigenvalue weighted by Gasteiger charge is 2.13. The van der Waals surface area contributed by atoms with Gasteiger partial charge in [-0.15, -0.1) is 0 Å². The topological polar surface area (TPSA) is 66.3 Å². The van der Waals surface area contributed by atoms with Crippen molar-refractivity contribution < 1.29 is 9.90 Å². The fourth-order valence-corrected chi connectivity index (χ4v) is 1.79. The first-order valence-corrected chi connectivity index (χ1v) is 6.41. The molecular weight excluding hydrogens is 266 g/mol. The Hall–Kier alpha value is -2.71. The van der Waals surface area contributed by atoms with Crippen molar-refractivity contribution in [2.75, 3.05) is 13.7 Å². The number of aliphatic hydroxyl groups excluding tert-OH is 1. The maximum atomic E-state index is 12.1. The van der Waals surface area contributed by atoms with E-state index in [1.807, 2.05) is 24.3 Å². The van der Waals surface area contributed by atoms with Gasteiger partial charge in [0.15, 0.2) is 0 Å². The molecule has 2 rings (SSSR count). The zero-order valence-corrected chi connectivity index (χ0v) is 11.7. The fraction of sp³-hybridized carbons (Fsp3) is 0.188. The molecule has 0 atom stereocenters. The molecule has 0 aliphatic rings. The van der Waals surface area contributed by atoms with Gasteiger partial charge in [0.1, 0.15) is 12.3 Å². The molecule has 1 heterocycles. The van der Waals surface area contributed by atoms with Crippen LogP contribution in [0.3, 0.4) is 0 Å². The van der Waals surface area contributed by atoms with Gasteiger partial charge in [0.2, 0.25) is 0 Å². The average molecular weight is 281 g/mol. The minimum atomic E-state index is -0.174. The fourth-order valence-electron chi connectivity index (χ4n) is 1.79. The van der Waals surface area contributed by atoms with Crippen molar-refractivity contribution in [3.63, 3.8) is 0 Å². The van der Waals surface area contributed by atoms with Gasteiger partial charge in [0, 0.05) is 31.5 Å². The molecule has 21 heavy (non-hydrogen) atoms. The number of amides is 1. The summed E-state index contributed by atoms with van der Waals surface area (Å²) in [7, 11) is 1.72. The van der Waals surface area contributed by atoms with Crippen LogP contribution in [0.5, 0.6) is 0 Å². The summed E-state index contributed by atoms with van der Waals surface area (Å²) in [5, 5.41) is 8.64. The SMILES string of the molecule is CN(Cc1ccc(C#CCO)cc1)C(=O)c1cnccn1. The summed E-state index contributed by atoms with van der Waals surface area (Å²) < 4.78 is 0. The molecular formula is C16H15N3O2. The lowest BCUT2D eigenvalue weighted by Gasteiger charge is -2.16. The summed E-state index contributed by atoms with van der Waals surface area (Å²) >= 11 is 0. The monoisotopic (exact) mass is 281 g/mol. The van der Waals surface area contributed by atoms with Crippen molar-refractivity contribution >= 4 is 5.91 Å². The smallest absolute Gasteiger partial charge is 0.274 e. The van der Waals surface area contributed by atoms with Gasteiger partial charge in [0.05, 0.1) is 6.20 Å². The Morgan fingerprint density at radius 2 is 2.05 bits per heavy atom. The first kappa shape index (κ1) is 14.7. The van der Waals surface area contributed by atoms with Crippen LogP contribution in [0.4, 0.5) is 0 Å². The maximum absolute atomic E-state index is 12.1. The summed E-state index contributed by atoms with van der Waals surface area (Å²) in [4.78, 5) is 21.6. The standard InChI is InChI=1S/C16H15N3O2/c1-19(16(21)15-11-17-8-9-18-15)12-14-6-4-13(5-7-14)3-2-10-20/h4-9,11,20H,10,12H2,1H3. The summed E-state index contributed by atoms with van der Waals surface area (Å²) in [6, 6.07) is 7.53. The van der Waals surface area contributed by atoms with Gasteiger partial charge in [-0.1, -0.05) is 24.0 Å². The largest absolute Gasteiger partial charge is 0.384 e. The van der Waals surface area contributed by atoms with Gasteiger partial charge < -0.3 is 10.0 Å². The van der Waals surface area contributed by atoms with Crippen molar-refractivity contribution in [3.05, 3.63) is 59.7 Å². The van der Waals surface area contributed by atoms with Gasteiger partial charge in [0.25, 0.3) is 5.91 Å². The molecule has 0 bridgehead atoms. The van der Waals surface area contributed by atoms with Gasteiger partial charge in [-0.2, -0.15) is 0 Å². The molecule has 0 fully saturated rings. The molecule has 1 aromatic heterocycles. The minimum absolute atomic E-state index is 0.156. The van der Waals surface area contributed by atoms with Gasteiger partial charge in [-0.05, 0) is 17.7 Å². The first-order valence-electron chi connectivity index (χ1n) is 6.41. The molecule has 0 aliphatic carbocycles. The quantitative estimate of drug-likeness (QED) is 0.855. The van der Waals surface area contributed by atoms with Crippen LogP contribution in [0.2, 0.25) is 0 Å². The van der Waals surface area contributed by atoms with E-state index in [-0.39, 0.29) is 12.5 Å². The number of aliphatic hydroxyl groups is 1. The second-order valence-corrected chi connectivity index (χ2v) is 4.41. The number of hydrogen-bond donors (Lipinski definition) is 1. The molecule has 106 valence electrons. The molecule has 0 spiro atoms. The Balaban J connectivity index is 2.02. The van der Waals surface area contributed by atoms with E-state index in [0.29, 0.717) is 12.2 Å². The van der Waals surface area contributed by atoms with Gasteiger partial charge >= 0.3 is 0 Å². The Morgan fingerprint density at radius 1 is 1.29 bits per heavy atom. The molecule has 5 heteroatoms. The van der Waals surface area contributed by atoms with Crippen molar-refractivity contribution in [2.24, 2.45) is 0 Å². The van der Waals surface area contributed by atoms with Gasteiger partial charge in [-0.25, -0.2) is 4.98 Å². The van der Waals surface area contributed by atoms with Crippen LogP contribution in [-0.4, -0.2) is 39.5 Å². The van der Waals surface area contributed by atoms with Crippen molar-refractivity contribution in [1.82, 2.24) is 14.9 Å². The molecule has 1 aromatic carbocycles. The number of hydrogen-bond acceptors (Lipinski definition) is 4. The average Bonchev–Trinajstić information content (AvgIpc) is 2.54. The predicted octanol–water partition coefficient (Wildman–Crippen LogP) is 1.09. The number of aromatic nitrogens is 2. The van der Waals surface area contributed by atoms with E-state index < -0.39 is 0 Å². The third kappa shape index (κ3) is 4.13. The summed E-state index contributed by atoms with van der Waals surface area (Å²) in [5.74, 6) is 5.24. The molecule has 2 aromatic rings. The van der Waals surface area contributed by atoms with E-state index in [1.165, 1.54) is 18.6 Å². The van der Waals surface area contributed by atoms with E-state index in [9.17, 15) is 4.79 Å². The summed E-state index contributed by atoms with van der Waals surface area (Å²) in [6.45, 7) is 0.320. The number of rotatable bonds is 3. The highest BCUT2D eigenvalue weighted by atomic mass is 16.2. The molecule has 1 N–H and O–H groups in total. The number of carbonyl (C=O) groups excluding carboxylic acids is 1. The van der Waals surface area contributed by atoms with E-state index in [1.54, 1.807) is 11.9 Å². The summed E-state index contributed by atoms with van der Waals surface area (Å²) in [5.41, 5.74) is 2.14. The highest BCUT2D eigenvalue weighted by Crippen LogP contribution is 2.08. The van der Waals surface area contributed by atoms with Crippen molar-refractivity contribution in [2.45, 2.75) is 6.54 Å². The minimum Gasteiger partial charge on any atom is -0.384 e. The maximum Gasteiger partial charge on any atom is 0.274 e. The normalized spacial score (nSPS) is 9.62. The zero-order valence-electron chi connectivity index (χ0n) is 11.7. The van der Waals surface area contributed by atoms with Crippen molar-refractivity contribution in [3.8, 4) is 11.8 Å². The lowest BCUT2D eigenvalue weighted by molar-refractivity contribution is 0.0779. The van der Waals surface area contributed by atoms with Crippen LogP contribution >= 0.6 is 0 Å². The van der Waals surface area contributed by atoms with Crippen LogP contribution in [0.15, 0.2) is 42.9 Å². The van der Waals surface area contributed by atoms with Crippen LogP contribution < -0.4 is 0 Å². The van der Waals surface area contributed by atoms with Crippen LogP contribution in [0.1, 0.15) is 21.6 Å². The second kappa shape index (κ2) is 7.17. The van der Waals surface area contributed by atoms with E-state index >= 15 is 0 Å². The summed E-state index contributed by atoms with van der Waals surface area (Å²) in [6.07, 6.45) is 4.48. The van der Waals surface area contributed by atoms with E-state index in [2.05, 4.69) is 21.8 Å². The molecule has 0 unspecified atom stereocenters. The lowest BCUT2D eigenvalue weighted by Crippen LogP contribution is -2.27. The predicted molar refractivity (Wildman–Crippen MR) is 78.2 cm³/mol. The molecule has 0 saturated heterocycles. The van der Waals surface area contributed by atoms with Gasteiger partial charge in [-0.3, -0.25) is 9.78 Å². The lowest BCUT2D eigenvalue weighted by atomic mass is 10.1. The number of benzene rings is 1. The molecule has 1 amide bonds. The molecule has 0 saturated carbocycles.